The van der Waals surface area contributed by atoms with Gasteiger partial charge in [0.1, 0.15) is 5.82 Å². The predicted octanol–water partition coefficient (Wildman–Crippen LogP) is 4.00. The Kier molecular flexibility index (Phi) is 6.85. The zero-order valence-electron chi connectivity index (χ0n) is 15.5. The van der Waals surface area contributed by atoms with Crippen molar-refractivity contribution < 1.29 is 9.13 Å². The van der Waals surface area contributed by atoms with E-state index in [1.54, 1.807) is 19.2 Å². The molecule has 6 heteroatoms. The largest absolute Gasteiger partial charge is 0.381 e. The second-order valence-electron chi connectivity index (χ2n) is 6.81. The number of aliphatic imine (C=N–C) groups is 1. The van der Waals surface area contributed by atoms with Crippen LogP contribution in [0.25, 0.3) is 0 Å². The summed E-state index contributed by atoms with van der Waals surface area (Å²) in [5.41, 5.74) is 2.34. The molecule has 2 N–H and O–H groups in total. The molecule has 1 aliphatic rings. The van der Waals surface area contributed by atoms with E-state index < -0.39 is 0 Å². The van der Waals surface area contributed by atoms with E-state index in [4.69, 9.17) is 4.74 Å². The second kappa shape index (κ2) is 9.33. The first kappa shape index (κ1) is 19.8. The average molecular weight is 434 g/mol. The summed E-state index contributed by atoms with van der Waals surface area (Å²) in [5.74, 6) is 0.513. The molecule has 0 atom stereocenters. The fraction of sp³-hybridized carbons (Fsp3) is 0.381. The maximum Gasteiger partial charge on any atom is 0.191 e. The Morgan fingerprint density at radius 3 is 2.37 bits per heavy atom. The summed E-state index contributed by atoms with van der Waals surface area (Å²) in [6, 6.07) is 15.0. The summed E-state index contributed by atoms with van der Waals surface area (Å²) in [4.78, 5) is 4.33. The smallest absolute Gasteiger partial charge is 0.191 e. The molecule has 0 spiro atoms. The highest BCUT2D eigenvalue weighted by molar-refractivity contribution is 9.10. The van der Waals surface area contributed by atoms with Gasteiger partial charge < -0.3 is 15.4 Å². The van der Waals surface area contributed by atoms with Gasteiger partial charge in [-0.1, -0.05) is 40.2 Å². The monoisotopic (exact) mass is 433 g/mol. The van der Waals surface area contributed by atoms with Crippen molar-refractivity contribution in [3.05, 3.63) is 69.9 Å². The van der Waals surface area contributed by atoms with Crippen LogP contribution in [-0.4, -0.2) is 32.8 Å². The summed E-state index contributed by atoms with van der Waals surface area (Å²) in [6.07, 6.45) is 1.94. The number of benzene rings is 2. The van der Waals surface area contributed by atoms with Gasteiger partial charge in [-0.05, 0) is 48.2 Å². The Balaban J connectivity index is 1.64. The van der Waals surface area contributed by atoms with Crippen molar-refractivity contribution in [2.45, 2.75) is 24.8 Å². The van der Waals surface area contributed by atoms with Crippen LogP contribution in [-0.2, 0) is 16.7 Å². The van der Waals surface area contributed by atoms with Crippen molar-refractivity contribution in [1.82, 2.24) is 10.6 Å². The number of nitrogens with zero attached hydrogens (tertiary/aromatic N) is 1. The van der Waals surface area contributed by atoms with Crippen LogP contribution in [0.5, 0.6) is 0 Å². The summed E-state index contributed by atoms with van der Waals surface area (Å²) in [6.45, 7) is 2.90. The van der Waals surface area contributed by atoms with Crippen molar-refractivity contribution in [1.29, 1.82) is 0 Å². The molecule has 1 saturated heterocycles. The van der Waals surface area contributed by atoms with E-state index in [9.17, 15) is 4.39 Å². The molecule has 1 aliphatic heterocycles. The minimum absolute atomic E-state index is 0.0203. The number of nitrogens with one attached hydrogen (secondary N) is 2. The zero-order chi connectivity index (χ0) is 19.1. The van der Waals surface area contributed by atoms with Gasteiger partial charge in [0.15, 0.2) is 5.96 Å². The number of rotatable bonds is 5. The van der Waals surface area contributed by atoms with Crippen molar-refractivity contribution in [3.8, 4) is 0 Å². The van der Waals surface area contributed by atoms with Crippen molar-refractivity contribution >= 4 is 21.9 Å². The van der Waals surface area contributed by atoms with E-state index in [1.165, 1.54) is 17.7 Å². The first-order valence-corrected chi connectivity index (χ1v) is 9.93. The highest BCUT2D eigenvalue weighted by Crippen LogP contribution is 2.34. The molecular formula is C21H25BrFN3O. The molecule has 0 amide bonds. The molecule has 144 valence electrons. The van der Waals surface area contributed by atoms with E-state index in [-0.39, 0.29) is 11.2 Å². The topological polar surface area (TPSA) is 45.7 Å². The Morgan fingerprint density at radius 2 is 1.74 bits per heavy atom. The molecule has 2 aromatic carbocycles. The maximum absolute atomic E-state index is 13.0. The van der Waals surface area contributed by atoms with E-state index in [0.717, 1.165) is 48.6 Å². The molecule has 0 aromatic heterocycles. The van der Waals surface area contributed by atoms with Crippen LogP contribution >= 0.6 is 15.9 Å². The van der Waals surface area contributed by atoms with Gasteiger partial charge >= 0.3 is 0 Å². The number of guanidine groups is 1. The normalized spacial score (nSPS) is 16.8. The SMILES string of the molecule is CN=C(NCc1ccc(F)cc1)NCC1(c2ccc(Br)cc2)CCOCC1. The molecule has 1 heterocycles. The molecule has 0 bridgehead atoms. The van der Waals surface area contributed by atoms with Crippen LogP contribution in [0.3, 0.4) is 0 Å². The average Bonchev–Trinajstić information content (AvgIpc) is 2.70. The molecule has 3 rings (SSSR count). The summed E-state index contributed by atoms with van der Waals surface area (Å²) < 4.78 is 19.7. The van der Waals surface area contributed by atoms with Crippen LogP contribution in [0.15, 0.2) is 58.0 Å². The Bertz CT molecular complexity index is 756. The maximum atomic E-state index is 13.0. The summed E-state index contributed by atoms with van der Waals surface area (Å²) in [7, 11) is 1.76. The van der Waals surface area contributed by atoms with Gasteiger partial charge in [0.2, 0.25) is 0 Å². The third-order valence-corrected chi connectivity index (χ3v) is 5.63. The zero-order valence-corrected chi connectivity index (χ0v) is 17.1. The summed E-state index contributed by atoms with van der Waals surface area (Å²) in [5, 5.41) is 6.77. The van der Waals surface area contributed by atoms with Crippen LogP contribution in [0.1, 0.15) is 24.0 Å². The van der Waals surface area contributed by atoms with Gasteiger partial charge in [0.05, 0.1) is 0 Å². The van der Waals surface area contributed by atoms with Gasteiger partial charge in [-0.25, -0.2) is 4.39 Å². The molecular weight excluding hydrogens is 409 g/mol. The minimum Gasteiger partial charge on any atom is -0.381 e. The minimum atomic E-state index is -0.225. The van der Waals surface area contributed by atoms with Crippen molar-refractivity contribution in [2.24, 2.45) is 4.99 Å². The number of hydrogen-bond donors (Lipinski definition) is 2. The quantitative estimate of drug-likeness (QED) is 0.553. The lowest BCUT2D eigenvalue weighted by molar-refractivity contribution is 0.0514. The van der Waals surface area contributed by atoms with Gasteiger partial charge in [-0.15, -0.1) is 0 Å². The first-order valence-electron chi connectivity index (χ1n) is 9.14. The standard InChI is InChI=1S/C21H25BrFN3O/c1-24-20(25-14-16-2-8-19(23)9-3-16)26-15-21(10-12-27-13-11-21)17-4-6-18(22)7-5-17/h2-9H,10-15H2,1H3,(H2,24,25,26). The van der Waals surface area contributed by atoms with Gasteiger partial charge in [0.25, 0.3) is 0 Å². The lowest BCUT2D eigenvalue weighted by Crippen LogP contribution is -2.47. The van der Waals surface area contributed by atoms with E-state index in [1.807, 2.05) is 0 Å². The van der Waals surface area contributed by atoms with E-state index >= 15 is 0 Å². The highest BCUT2D eigenvalue weighted by Gasteiger charge is 2.34. The predicted molar refractivity (Wildman–Crippen MR) is 110 cm³/mol. The second-order valence-corrected chi connectivity index (χ2v) is 7.72. The first-order chi connectivity index (χ1) is 13.1. The van der Waals surface area contributed by atoms with E-state index in [0.29, 0.717) is 6.54 Å². The Morgan fingerprint density at radius 1 is 1.07 bits per heavy atom. The molecule has 0 unspecified atom stereocenters. The highest BCUT2D eigenvalue weighted by atomic mass is 79.9. The van der Waals surface area contributed by atoms with Crippen LogP contribution in [0, 0.1) is 5.82 Å². The Labute approximate surface area is 168 Å². The van der Waals surface area contributed by atoms with Gasteiger partial charge in [-0.2, -0.15) is 0 Å². The molecule has 4 nitrogen and oxygen atoms in total. The molecule has 0 aliphatic carbocycles. The lowest BCUT2D eigenvalue weighted by Gasteiger charge is -2.38. The number of halogens is 2. The Hall–Kier alpha value is -1.92. The fourth-order valence-corrected chi connectivity index (χ4v) is 3.66. The molecule has 27 heavy (non-hydrogen) atoms. The van der Waals surface area contributed by atoms with E-state index in [2.05, 4.69) is 55.8 Å². The summed E-state index contributed by atoms with van der Waals surface area (Å²) >= 11 is 3.51. The van der Waals surface area contributed by atoms with Crippen LogP contribution < -0.4 is 10.6 Å². The van der Waals surface area contributed by atoms with Gasteiger partial charge in [-0.3, -0.25) is 4.99 Å². The third kappa shape index (κ3) is 5.30. The molecule has 1 fully saturated rings. The third-order valence-electron chi connectivity index (χ3n) is 5.10. The van der Waals surface area contributed by atoms with Gasteiger partial charge in [0, 0.05) is 43.2 Å². The number of ether oxygens (including phenoxy) is 1. The molecule has 0 saturated carbocycles. The van der Waals surface area contributed by atoms with Crippen LogP contribution in [0.4, 0.5) is 4.39 Å². The van der Waals surface area contributed by atoms with Crippen molar-refractivity contribution in [2.75, 3.05) is 26.8 Å². The molecule has 0 radical (unpaired) electrons. The lowest BCUT2D eigenvalue weighted by atomic mass is 9.74. The van der Waals surface area contributed by atoms with Crippen molar-refractivity contribution in [3.63, 3.8) is 0 Å². The fourth-order valence-electron chi connectivity index (χ4n) is 3.39. The van der Waals surface area contributed by atoms with Crippen LogP contribution in [0.2, 0.25) is 0 Å². The number of hydrogen-bond acceptors (Lipinski definition) is 2. The molecule has 2 aromatic rings.